The predicted octanol–water partition coefficient (Wildman–Crippen LogP) is 0.773. The van der Waals surface area contributed by atoms with Crippen molar-refractivity contribution < 1.29 is 13.2 Å². The molecule has 1 aliphatic heterocycles. The zero-order chi connectivity index (χ0) is 18.7. The van der Waals surface area contributed by atoms with Crippen LogP contribution in [-0.4, -0.2) is 60.3 Å². The van der Waals surface area contributed by atoms with Crippen LogP contribution in [-0.2, 0) is 16.4 Å². The van der Waals surface area contributed by atoms with Crippen molar-refractivity contribution in [3.05, 3.63) is 29.6 Å². The van der Waals surface area contributed by atoms with Crippen LogP contribution in [0.5, 0.6) is 0 Å². The van der Waals surface area contributed by atoms with Crippen molar-refractivity contribution in [2.75, 3.05) is 25.4 Å². The average Bonchev–Trinajstić information content (AvgIpc) is 2.54. The normalized spacial score (nSPS) is 18.7. The SMILES string of the molecule is CCNC(=NCc1ccc(C(N)=O)nc1)N1CCS(=O)(=O)C(C)(C)C1.I. The fourth-order valence-electron chi connectivity index (χ4n) is 2.58. The van der Waals surface area contributed by atoms with Gasteiger partial charge in [-0.3, -0.25) is 9.78 Å². The zero-order valence-electron chi connectivity index (χ0n) is 15.2. The highest BCUT2D eigenvalue weighted by Gasteiger charge is 2.40. The molecule has 0 bridgehead atoms. The van der Waals surface area contributed by atoms with Crippen LogP contribution in [0.3, 0.4) is 0 Å². The monoisotopic (exact) mass is 495 g/mol. The van der Waals surface area contributed by atoms with E-state index in [1.807, 2.05) is 11.8 Å². The third-order valence-corrected chi connectivity index (χ3v) is 6.70. The maximum Gasteiger partial charge on any atom is 0.267 e. The van der Waals surface area contributed by atoms with E-state index in [9.17, 15) is 13.2 Å². The number of nitrogens with two attached hydrogens (primary N) is 1. The van der Waals surface area contributed by atoms with Crippen LogP contribution in [0.4, 0.5) is 0 Å². The summed E-state index contributed by atoms with van der Waals surface area (Å²) in [4.78, 5) is 21.6. The molecule has 146 valence electrons. The minimum atomic E-state index is -3.10. The summed E-state index contributed by atoms with van der Waals surface area (Å²) < 4.78 is 23.5. The molecule has 1 aromatic heterocycles. The Bertz CT molecular complexity index is 763. The Morgan fingerprint density at radius 2 is 2.12 bits per heavy atom. The first kappa shape index (κ1) is 22.6. The molecule has 0 aromatic carbocycles. The number of amides is 1. The Labute approximate surface area is 171 Å². The molecule has 1 aliphatic rings. The molecule has 0 atom stereocenters. The summed E-state index contributed by atoms with van der Waals surface area (Å²) in [5.41, 5.74) is 6.22. The van der Waals surface area contributed by atoms with E-state index in [1.165, 1.54) is 0 Å². The van der Waals surface area contributed by atoms with Crippen LogP contribution in [0, 0.1) is 0 Å². The van der Waals surface area contributed by atoms with Gasteiger partial charge < -0.3 is 16.0 Å². The van der Waals surface area contributed by atoms with Crippen LogP contribution in [0.2, 0.25) is 0 Å². The van der Waals surface area contributed by atoms with E-state index in [0.717, 1.165) is 5.56 Å². The number of carbonyl (C=O) groups excluding carboxylic acids is 1. The summed E-state index contributed by atoms with van der Waals surface area (Å²) in [6.07, 6.45) is 1.57. The second kappa shape index (κ2) is 8.98. The molecular weight excluding hydrogens is 469 g/mol. The molecule has 2 heterocycles. The van der Waals surface area contributed by atoms with Gasteiger partial charge in [-0.1, -0.05) is 6.07 Å². The number of hydrogen-bond donors (Lipinski definition) is 2. The lowest BCUT2D eigenvalue weighted by Gasteiger charge is -2.39. The molecule has 1 amide bonds. The van der Waals surface area contributed by atoms with Gasteiger partial charge in [-0.15, -0.1) is 24.0 Å². The van der Waals surface area contributed by atoms with Crippen LogP contribution >= 0.6 is 24.0 Å². The first-order valence-electron chi connectivity index (χ1n) is 8.16. The van der Waals surface area contributed by atoms with Crippen LogP contribution in [0.1, 0.15) is 36.8 Å². The quantitative estimate of drug-likeness (QED) is 0.362. The molecule has 0 radical (unpaired) electrons. The van der Waals surface area contributed by atoms with Gasteiger partial charge in [0.1, 0.15) is 5.69 Å². The lowest BCUT2D eigenvalue weighted by atomic mass is 10.2. The number of carbonyl (C=O) groups is 1. The summed E-state index contributed by atoms with van der Waals surface area (Å²) in [6.45, 7) is 7.30. The molecule has 0 spiro atoms. The second-order valence-corrected chi connectivity index (χ2v) is 9.33. The molecule has 8 nitrogen and oxygen atoms in total. The number of aliphatic imine (C=N–C) groups is 1. The van der Waals surface area contributed by atoms with Gasteiger partial charge in [-0.05, 0) is 32.4 Å². The van der Waals surface area contributed by atoms with E-state index < -0.39 is 20.5 Å². The third-order valence-electron chi connectivity index (χ3n) is 4.17. The number of aromatic nitrogens is 1. The van der Waals surface area contributed by atoms with Crippen molar-refractivity contribution >= 4 is 45.7 Å². The number of rotatable bonds is 4. The van der Waals surface area contributed by atoms with E-state index in [1.54, 1.807) is 32.2 Å². The summed E-state index contributed by atoms with van der Waals surface area (Å²) in [7, 11) is -3.10. The first-order chi connectivity index (χ1) is 11.7. The third kappa shape index (κ3) is 5.29. The summed E-state index contributed by atoms with van der Waals surface area (Å²) >= 11 is 0. The van der Waals surface area contributed by atoms with Gasteiger partial charge >= 0.3 is 0 Å². The number of sulfone groups is 1. The predicted molar refractivity (Wildman–Crippen MR) is 112 cm³/mol. The Morgan fingerprint density at radius 3 is 2.62 bits per heavy atom. The van der Waals surface area contributed by atoms with Gasteiger partial charge in [-0.25, -0.2) is 13.4 Å². The van der Waals surface area contributed by atoms with Gasteiger partial charge in [0.25, 0.3) is 5.91 Å². The van der Waals surface area contributed by atoms with Gasteiger partial charge in [0.15, 0.2) is 15.8 Å². The summed E-state index contributed by atoms with van der Waals surface area (Å²) in [5.74, 6) is 0.212. The molecule has 1 fully saturated rings. The number of pyridine rings is 1. The van der Waals surface area contributed by atoms with Crippen molar-refractivity contribution in [1.82, 2.24) is 15.2 Å². The molecule has 3 N–H and O–H groups in total. The molecule has 1 saturated heterocycles. The van der Waals surface area contributed by atoms with Crippen molar-refractivity contribution in [2.24, 2.45) is 10.7 Å². The first-order valence-corrected chi connectivity index (χ1v) is 9.82. The van der Waals surface area contributed by atoms with Crippen LogP contribution < -0.4 is 11.1 Å². The number of nitrogens with zero attached hydrogens (tertiary/aromatic N) is 3. The molecule has 0 unspecified atom stereocenters. The fraction of sp³-hybridized carbons (Fsp3) is 0.562. The molecule has 1 aromatic rings. The number of halogens is 1. The van der Waals surface area contributed by atoms with Gasteiger partial charge in [0.05, 0.1) is 17.0 Å². The van der Waals surface area contributed by atoms with E-state index in [2.05, 4.69) is 15.3 Å². The maximum atomic E-state index is 12.2. The highest BCUT2D eigenvalue weighted by atomic mass is 127. The molecule has 2 rings (SSSR count). The van der Waals surface area contributed by atoms with Crippen molar-refractivity contribution in [2.45, 2.75) is 32.1 Å². The maximum absolute atomic E-state index is 12.2. The molecule has 10 heteroatoms. The Morgan fingerprint density at radius 1 is 1.42 bits per heavy atom. The van der Waals surface area contributed by atoms with Crippen molar-refractivity contribution in [1.29, 1.82) is 0 Å². The van der Waals surface area contributed by atoms with E-state index in [0.29, 0.717) is 32.1 Å². The molecule has 0 saturated carbocycles. The lowest BCUT2D eigenvalue weighted by molar-refractivity contribution is 0.0995. The molecule has 0 aliphatic carbocycles. The average molecular weight is 495 g/mol. The van der Waals surface area contributed by atoms with E-state index in [4.69, 9.17) is 5.73 Å². The Balaban J connectivity index is 0.00000338. The van der Waals surface area contributed by atoms with E-state index in [-0.39, 0.29) is 35.4 Å². The van der Waals surface area contributed by atoms with Crippen molar-refractivity contribution in [3.63, 3.8) is 0 Å². The highest BCUT2D eigenvalue weighted by Crippen LogP contribution is 2.23. The smallest absolute Gasteiger partial charge is 0.267 e. The summed E-state index contributed by atoms with van der Waals surface area (Å²) in [6, 6.07) is 3.32. The lowest BCUT2D eigenvalue weighted by Crippen LogP contribution is -2.57. The van der Waals surface area contributed by atoms with Crippen LogP contribution in [0.25, 0.3) is 0 Å². The summed E-state index contributed by atoms with van der Waals surface area (Å²) in [5, 5.41) is 3.20. The van der Waals surface area contributed by atoms with Crippen LogP contribution in [0.15, 0.2) is 23.3 Å². The standard InChI is InChI=1S/C16H25N5O3S.HI/c1-4-18-15(21-7-8-25(23,24)16(2,3)11-21)20-10-12-5-6-13(14(17)22)19-9-12;/h5-6,9H,4,7-8,10-11H2,1-3H3,(H2,17,22)(H,18,20);1H. The van der Waals surface area contributed by atoms with Crippen molar-refractivity contribution in [3.8, 4) is 0 Å². The van der Waals surface area contributed by atoms with Gasteiger partial charge in [0.2, 0.25) is 0 Å². The minimum absolute atomic E-state index is 0. The Hall–Kier alpha value is -1.43. The molecular formula is C16H26IN5O3S. The highest BCUT2D eigenvalue weighted by molar-refractivity contribution is 14.0. The number of guanidine groups is 1. The number of hydrogen-bond acceptors (Lipinski definition) is 5. The number of primary amides is 1. The fourth-order valence-corrected chi connectivity index (χ4v) is 3.95. The Kier molecular flexibility index (Phi) is 7.81. The number of nitrogens with one attached hydrogen (secondary N) is 1. The van der Waals surface area contributed by atoms with E-state index >= 15 is 0 Å². The topological polar surface area (TPSA) is 118 Å². The van der Waals surface area contributed by atoms with Gasteiger partial charge in [0, 0.05) is 25.8 Å². The molecule has 26 heavy (non-hydrogen) atoms. The zero-order valence-corrected chi connectivity index (χ0v) is 18.4. The van der Waals surface area contributed by atoms with Gasteiger partial charge in [-0.2, -0.15) is 0 Å². The minimum Gasteiger partial charge on any atom is -0.364 e. The largest absolute Gasteiger partial charge is 0.364 e. The second-order valence-electron chi connectivity index (χ2n) is 6.59.